The quantitative estimate of drug-likeness (QED) is 0.623. The van der Waals surface area contributed by atoms with Crippen molar-refractivity contribution in [3.63, 3.8) is 0 Å². The minimum Gasteiger partial charge on any atom is -0.444 e. The molecule has 0 saturated carbocycles. The Bertz CT molecular complexity index is 558. The summed E-state index contributed by atoms with van der Waals surface area (Å²) in [6.45, 7) is 5.25. The molecule has 0 aliphatic carbocycles. The number of carbonyl (C=O) groups is 2. The summed E-state index contributed by atoms with van der Waals surface area (Å²) in [6, 6.07) is -0.944. The van der Waals surface area contributed by atoms with Crippen molar-refractivity contribution in [1.82, 2.24) is 14.9 Å². The van der Waals surface area contributed by atoms with E-state index in [2.05, 4.69) is 9.97 Å². The first-order chi connectivity index (χ1) is 10.1. The molecule has 1 aromatic rings. The first-order valence-corrected chi connectivity index (χ1v) is 7.05. The average Bonchev–Trinajstić information content (AvgIpc) is 2.38. The normalized spacial score (nSPS) is 12.5. The molecule has 0 bridgehead atoms. The second-order valence-corrected chi connectivity index (χ2v) is 6.33. The number of hydrogen-bond donors (Lipinski definition) is 0. The number of rotatable bonds is 4. The van der Waals surface area contributed by atoms with Gasteiger partial charge in [-0.3, -0.25) is 4.90 Å². The van der Waals surface area contributed by atoms with Crippen molar-refractivity contribution in [3.05, 3.63) is 17.0 Å². The molecular weight excluding hydrogens is 308 g/mol. The number of halogens is 1. The maximum Gasteiger partial charge on any atom is 0.410 e. The highest BCUT2D eigenvalue weighted by atomic mass is 35.5. The number of amides is 1. The molecule has 0 fully saturated rings. The van der Waals surface area contributed by atoms with Crippen molar-refractivity contribution in [2.45, 2.75) is 32.4 Å². The number of carbonyl (C=O) groups excluding carboxylic acids is 2. The Labute approximate surface area is 135 Å². The first-order valence-electron chi connectivity index (χ1n) is 6.67. The Hall–Kier alpha value is -1.89. The van der Waals surface area contributed by atoms with E-state index in [0.717, 1.165) is 0 Å². The van der Waals surface area contributed by atoms with Gasteiger partial charge in [-0.05, 0) is 20.8 Å². The van der Waals surface area contributed by atoms with E-state index in [-0.39, 0.29) is 5.15 Å². The molecule has 1 rings (SSSR count). The predicted molar refractivity (Wildman–Crippen MR) is 84.2 cm³/mol. The van der Waals surface area contributed by atoms with Crippen molar-refractivity contribution in [2.24, 2.45) is 0 Å². The molecule has 8 heteroatoms. The van der Waals surface area contributed by atoms with Crippen LogP contribution in [0.5, 0.6) is 0 Å². The molecule has 1 amide bonds. The number of aldehydes is 1. The topological polar surface area (TPSA) is 75.6 Å². The van der Waals surface area contributed by atoms with Crippen molar-refractivity contribution in [1.29, 1.82) is 0 Å². The van der Waals surface area contributed by atoms with E-state index < -0.39 is 17.7 Å². The number of anilines is 1. The van der Waals surface area contributed by atoms with Gasteiger partial charge in [-0.15, -0.1) is 0 Å². The highest BCUT2D eigenvalue weighted by Crippen LogP contribution is 2.31. The van der Waals surface area contributed by atoms with Crippen LogP contribution in [0.15, 0.2) is 6.33 Å². The van der Waals surface area contributed by atoms with Gasteiger partial charge in [0, 0.05) is 21.1 Å². The van der Waals surface area contributed by atoms with Crippen LogP contribution in [0.25, 0.3) is 0 Å². The summed E-state index contributed by atoms with van der Waals surface area (Å²) in [4.78, 5) is 34.6. The summed E-state index contributed by atoms with van der Waals surface area (Å²) in [5.74, 6) is 0.465. The van der Waals surface area contributed by atoms with Gasteiger partial charge in [0.2, 0.25) is 0 Å². The molecule has 0 saturated heterocycles. The molecule has 7 nitrogen and oxygen atoms in total. The summed E-state index contributed by atoms with van der Waals surface area (Å²) >= 11 is 6.11. The Morgan fingerprint density at radius 1 is 1.32 bits per heavy atom. The molecular formula is C14H21ClN4O3. The van der Waals surface area contributed by atoms with Gasteiger partial charge < -0.3 is 14.4 Å². The highest BCUT2D eigenvalue weighted by molar-refractivity contribution is 6.30. The third-order valence-corrected chi connectivity index (χ3v) is 3.06. The van der Waals surface area contributed by atoms with E-state index in [1.165, 1.54) is 18.3 Å². The second-order valence-electron chi connectivity index (χ2n) is 5.97. The summed E-state index contributed by atoms with van der Waals surface area (Å²) < 4.78 is 5.27. The minimum atomic E-state index is -0.944. The lowest BCUT2D eigenvalue weighted by atomic mass is 10.1. The third-order valence-electron chi connectivity index (χ3n) is 2.76. The zero-order valence-electron chi connectivity index (χ0n) is 13.6. The Kier molecular flexibility index (Phi) is 5.71. The van der Waals surface area contributed by atoms with E-state index in [1.807, 2.05) is 0 Å². The zero-order valence-corrected chi connectivity index (χ0v) is 14.4. The maximum absolute atomic E-state index is 12.2. The third kappa shape index (κ3) is 4.30. The fourth-order valence-electron chi connectivity index (χ4n) is 1.78. The molecule has 122 valence electrons. The van der Waals surface area contributed by atoms with Crippen LogP contribution in [0.3, 0.4) is 0 Å². The van der Waals surface area contributed by atoms with Crippen LogP contribution >= 0.6 is 11.6 Å². The summed E-state index contributed by atoms with van der Waals surface area (Å²) in [5, 5.41) is 0.117. The number of aromatic nitrogens is 2. The standard InChI is InChI=1S/C14H21ClN4O3/c1-14(2,3)22-13(21)19(6)9(7-20)10-11(15)16-8-17-12(10)18(4)5/h7-9H,1-6H3. The molecule has 0 aliphatic heterocycles. The molecule has 0 spiro atoms. The first kappa shape index (κ1) is 18.2. The number of nitrogens with zero attached hydrogens (tertiary/aromatic N) is 4. The lowest BCUT2D eigenvalue weighted by molar-refractivity contribution is -0.112. The Balaban J connectivity index is 3.22. The van der Waals surface area contributed by atoms with Crippen LogP contribution in [-0.4, -0.2) is 54.0 Å². The molecule has 0 N–H and O–H groups in total. The molecule has 0 aliphatic rings. The van der Waals surface area contributed by atoms with Crippen molar-refractivity contribution >= 4 is 29.8 Å². The van der Waals surface area contributed by atoms with E-state index in [0.29, 0.717) is 17.7 Å². The minimum absolute atomic E-state index is 0.117. The van der Waals surface area contributed by atoms with Crippen molar-refractivity contribution in [3.8, 4) is 0 Å². The molecule has 0 radical (unpaired) electrons. The van der Waals surface area contributed by atoms with Crippen LogP contribution in [0.1, 0.15) is 32.4 Å². The van der Waals surface area contributed by atoms with E-state index in [4.69, 9.17) is 16.3 Å². The molecule has 1 unspecified atom stereocenters. The Morgan fingerprint density at radius 2 is 1.91 bits per heavy atom. The van der Waals surface area contributed by atoms with Gasteiger partial charge in [-0.1, -0.05) is 11.6 Å². The molecule has 1 aromatic heterocycles. The molecule has 0 aromatic carbocycles. The van der Waals surface area contributed by atoms with Crippen LogP contribution in [0.4, 0.5) is 10.6 Å². The number of ether oxygens (including phenoxy) is 1. The maximum atomic E-state index is 12.2. The highest BCUT2D eigenvalue weighted by Gasteiger charge is 2.30. The summed E-state index contributed by atoms with van der Waals surface area (Å²) in [5.41, 5.74) is -0.308. The van der Waals surface area contributed by atoms with Gasteiger partial charge in [-0.25, -0.2) is 14.8 Å². The second kappa shape index (κ2) is 6.91. The van der Waals surface area contributed by atoms with E-state index in [1.54, 1.807) is 39.8 Å². The Morgan fingerprint density at radius 3 is 2.36 bits per heavy atom. The smallest absolute Gasteiger partial charge is 0.410 e. The molecule has 1 heterocycles. The monoisotopic (exact) mass is 328 g/mol. The van der Waals surface area contributed by atoms with Gasteiger partial charge in [-0.2, -0.15) is 0 Å². The average molecular weight is 329 g/mol. The fourth-order valence-corrected chi connectivity index (χ4v) is 2.02. The molecule has 22 heavy (non-hydrogen) atoms. The van der Waals surface area contributed by atoms with Gasteiger partial charge >= 0.3 is 6.09 Å². The van der Waals surface area contributed by atoms with Crippen molar-refractivity contribution < 1.29 is 14.3 Å². The number of hydrogen-bond acceptors (Lipinski definition) is 6. The van der Waals surface area contributed by atoms with Gasteiger partial charge in [0.05, 0.1) is 5.56 Å². The van der Waals surface area contributed by atoms with E-state index in [9.17, 15) is 9.59 Å². The fraction of sp³-hybridized carbons (Fsp3) is 0.571. The van der Waals surface area contributed by atoms with Gasteiger partial charge in [0.25, 0.3) is 0 Å². The van der Waals surface area contributed by atoms with Crippen molar-refractivity contribution in [2.75, 3.05) is 26.0 Å². The lowest BCUT2D eigenvalue weighted by Crippen LogP contribution is -2.38. The zero-order chi connectivity index (χ0) is 17.1. The van der Waals surface area contributed by atoms with Crippen LogP contribution in [-0.2, 0) is 9.53 Å². The summed E-state index contributed by atoms with van der Waals surface area (Å²) in [6.07, 6.45) is 1.28. The SMILES string of the molecule is CN(C)c1ncnc(Cl)c1C(C=O)N(C)C(=O)OC(C)(C)C. The van der Waals surface area contributed by atoms with Crippen LogP contribution < -0.4 is 4.90 Å². The van der Waals surface area contributed by atoms with Crippen LogP contribution in [0.2, 0.25) is 5.15 Å². The summed E-state index contributed by atoms with van der Waals surface area (Å²) in [7, 11) is 4.99. The molecule has 1 atom stereocenters. The predicted octanol–water partition coefficient (Wildman–Crippen LogP) is 2.30. The number of likely N-dealkylation sites (N-methyl/N-ethyl adjacent to an activating group) is 1. The van der Waals surface area contributed by atoms with E-state index >= 15 is 0 Å². The lowest BCUT2D eigenvalue weighted by Gasteiger charge is -2.29. The van der Waals surface area contributed by atoms with Gasteiger partial charge in [0.1, 0.15) is 35.2 Å². The van der Waals surface area contributed by atoms with Gasteiger partial charge in [0.15, 0.2) is 0 Å². The van der Waals surface area contributed by atoms with Crippen LogP contribution in [0, 0.1) is 0 Å². The largest absolute Gasteiger partial charge is 0.444 e.